The molecule has 0 aliphatic heterocycles. The van der Waals surface area contributed by atoms with E-state index in [-0.39, 0.29) is 24.2 Å². The summed E-state index contributed by atoms with van der Waals surface area (Å²) < 4.78 is 14.5. The number of nitrogens with zero attached hydrogens (tertiary/aromatic N) is 3. The number of pyridine rings is 1. The first-order chi connectivity index (χ1) is 15.9. The third-order valence-corrected chi connectivity index (χ3v) is 6.32. The molecule has 1 aliphatic carbocycles. The fourth-order valence-electron chi connectivity index (χ4n) is 4.48. The molecular weight excluding hydrogens is 420 g/mol. The first kappa shape index (κ1) is 23.2. The molecular formula is C25H32N4O4. The van der Waals surface area contributed by atoms with Crippen molar-refractivity contribution in [3.63, 3.8) is 0 Å². The average molecular weight is 453 g/mol. The van der Waals surface area contributed by atoms with Crippen LogP contribution in [0, 0.1) is 6.92 Å². The van der Waals surface area contributed by atoms with Crippen molar-refractivity contribution in [2.75, 3.05) is 13.7 Å². The molecule has 1 fully saturated rings. The summed E-state index contributed by atoms with van der Waals surface area (Å²) in [5, 5.41) is 3.28. The largest absolute Gasteiger partial charge is 0.461 e. The van der Waals surface area contributed by atoms with Crippen molar-refractivity contribution in [1.82, 2.24) is 19.4 Å². The van der Waals surface area contributed by atoms with Gasteiger partial charge in [-0.05, 0) is 56.4 Å². The van der Waals surface area contributed by atoms with E-state index in [0.29, 0.717) is 12.1 Å². The zero-order valence-electron chi connectivity index (χ0n) is 19.8. The number of hydrogen-bond donors (Lipinski definition) is 1. The molecule has 3 aromatic rings. The maximum Gasteiger partial charge on any atom is 0.325 e. The molecule has 0 spiro atoms. The lowest BCUT2D eigenvalue weighted by Crippen LogP contribution is -2.42. The number of rotatable bonds is 8. The second-order valence-corrected chi connectivity index (χ2v) is 8.88. The van der Waals surface area contributed by atoms with E-state index in [4.69, 9.17) is 14.5 Å². The van der Waals surface area contributed by atoms with Crippen LogP contribution in [0.2, 0.25) is 0 Å². The quantitative estimate of drug-likeness (QED) is 0.529. The Hall–Kier alpha value is -2.97. The summed E-state index contributed by atoms with van der Waals surface area (Å²) in [6.45, 7) is 2.56. The minimum absolute atomic E-state index is 0.0112. The van der Waals surface area contributed by atoms with E-state index in [2.05, 4.69) is 5.32 Å². The fourth-order valence-corrected chi connectivity index (χ4v) is 4.48. The van der Waals surface area contributed by atoms with Crippen LogP contribution in [0.15, 0.2) is 35.3 Å². The van der Waals surface area contributed by atoms with Crippen molar-refractivity contribution in [1.29, 1.82) is 0 Å². The second kappa shape index (κ2) is 9.89. The van der Waals surface area contributed by atoms with E-state index in [1.165, 1.54) is 0 Å². The molecule has 0 bridgehead atoms. The van der Waals surface area contributed by atoms with E-state index in [9.17, 15) is 9.59 Å². The van der Waals surface area contributed by atoms with Crippen LogP contribution in [0.25, 0.3) is 22.4 Å². The molecule has 4 rings (SSSR count). The summed E-state index contributed by atoms with van der Waals surface area (Å²) in [6.07, 6.45) is 5.96. The van der Waals surface area contributed by atoms with E-state index < -0.39 is 6.04 Å². The van der Waals surface area contributed by atoms with Gasteiger partial charge in [-0.15, -0.1) is 0 Å². The zero-order valence-corrected chi connectivity index (χ0v) is 19.8. The van der Waals surface area contributed by atoms with Gasteiger partial charge in [0.15, 0.2) is 0 Å². The Bertz CT molecular complexity index is 1180. The molecule has 1 saturated carbocycles. The Morgan fingerprint density at radius 2 is 2.00 bits per heavy atom. The van der Waals surface area contributed by atoms with Crippen molar-refractivity contribution in [3.05, 3.63) is 51.9 Å². The molecule has 176 valence electrons. The third-order valence-electron chi connectivity index (χ3n) is 6.32. The highest BCUT2D eigenvalue weighted by Gasteiger charge is 2.25. The van der Waals surface area contributed by atoms with Gasteiger partial charge in [0.1, 0.15) is 18.0 Å². The van der Waals surface area contributed by atoms with Gasteiger partial charge in [-0.25, -0.2) is 4.98 Å². The standard InChI is InChI=1S/C25H32N4O4/c1-16-11-18(14-28(2)24(16)30)23-27-20-12-17(9-10-22(20)29(23)3)13-26-21(15-32-4)25(31)33-19-7-5-6-8-19/h9-12,14,19,21,26H,5-8,13,15H2,1-4H3/t21-/m0/s1. The van der Waals surface area contributed by atoms with Crippen LogP contribution < -0.4 is 10.9 Å². The van der Waals surface area contributed by atoms with Gasteiger partial charge in [-0.1, -0.05) is 6.07 Å². The number of esters is 1. The Kier molecular flexibility index (Phi) is 6.95. The summed E-state index contributed by atoms with van der Waals surface area (Å²) in [7, 11) is 5.30. The maximum atomic E-state index is 12.6. The molecule has 1 aliphatic rings. The lowest BCUT2D eigenvalue weighted by Gasteiger charge is -2.19. The molecule has 1 N–H and O–H groups in total. The van der Waals surface area contributed by atoms with E-state index >= 15 is 0 Å². The van der Waals surface area contributed by atoms with Gasteiger partial charge in [-0.2, -0.15) is 0 Å². The number of imidazole rings is 1. The van der Waals surface area contributed by atoms with Crippen LogP contribution in [0.1, 0.15) is 36.8 Å². The van der Waals surface area contributed by atoms with Crippen LogP contribution >= 0.6 is 0 Å². The summed E-state index contributed by atoms with van der Waals surface area (Å²) >= 11 is 0. The number of hydrogen-bond acceptors (Lipinski definition) is 6. The number of aromatic nitrogens is 3. The van der Waals surface area contributed by atoms with E-state index in [0.717, 1.165) is 53.7 Å². The van der Waals surface area contributed by atoms with Gasteiger partial charge in [0.25, 0.3) is 5.56 Å². The summed E-state index contributed by atoms with van der Waals surface area (Å²) in [5.74, 6) is 0.543. The molecule has 2 aromatic heterocycles. The van der Waals surface area contributed by atoms with E-state index in [1.807, 2.05) is 49.0 Å². The molecule has 1 aromatic carbocycles. The lowest BCUT2D eigenvalue weighted by molar-refractivity contribution is -0.152. The van der Waals surface area contributed by atoms with Crippen molar-refractivity contribution in [2.24, 2.45) is 14.1 Å². The van der Waals surface area contributed by atoms with Crippen LogP contribution in [0.5, 0.6) is 0 Å². The summed E-state index contributed by atoms with van der Waals surface area (Å²) in [6, 6.07) is 7.43. The SMILES string of the molecule is COC[C@H](NCc1ccc2c(c1)nc(-c1cc(C)c(=O)n(C)c1)n2C)C(=O)OC1CCCC1. The molecule has 8 heteroatoms. The number of ether oxygens (including phenoxy) is 2. The van der Waals surface area contributed by atoms with Crippen molar-refractivity contribution >= 4 is 17.0 Å². The number of aryl methyl sites for hydroxylation is 3. The Morgan fingerprint density at radius 3 is 2.70 bits per heavy atom. The number of carbonyl (C=O) groups is 1. The first-order valence-corrected chi connectivity index (χ1v) is 11.4. The molecule has 0 amide bonds. The molecule has 1 atom stereocenters. The van der Waals surface area contributed by atoms with Gasteiger partial charge in [-0.3, -0.25) is 14.9 Å². The molecule has 2 heterocycles. The smallest absolute Gasteiger partial charge is 0.325 e. The van der Waals surface area contributed by atoms with Gasteiger partial charge >= 0.3 is 5.97 Å². The minimum atomic E-state index is -0.515. The van der Waals surface area contributed by atoms with Crippen LogP contribution in [0.4, 0.5) is 0 Å². The highest BCUT2D eigenvalue weighted by atomic mass is 16.5. The number of nitrogens with one attached hydrogen (secondary N) is 1. The Balaban J connectivity index is 1.51. The Morgan fingerprint density at radius 1 is 1.24 bits per heavy atom. The maximum absolute atomic E-state index is 12.6. The normalized spacial score (nSPS) is 15.3. The second-order valence-electron chi connectivity index (χ2n) is 8.88. The molecule has 0 unspecified atom stereocenters. The van der Waals surface area contributed by atoms with Crippen LogP contribution in [-0.2, 0) is 34.9 Å². The predicted molar refractivity (Wildman–Crippen MR) is 127 cm³/mol. The van der Waals surface area contributed by atoms with Gasteiger partial charge in [0.2, 0.25) is 0 Å². The molecule has 0 saturated heterocycles. The van der Waals surface area contributed by atoms with Crippen molar-refractivity contribution in [2.45, 2.75) is 51.3 Å². The average Bonchev–Trinajstić information content (AvgIpc) is 3.42. The number of fused-ring (bicyclic) bond motifs is 1. The summed E-state index contributed by atoms with van der Waals surface area (Å²) in [5.41, 5.74) is 4.43. The lowest BCUT2D eigenvalue weighted by atomic mass is 10.2. The monoisotopic (exact) mass is 452 g/mol. The number of carbonyl (C=O) groups excluding carboxylic acids is 1. The fraction of sp³-hybridized carbons (Fsp3) is 0.480. The number of benzene rings is 1. The van der Waals surface area contributed by atoms with Crippen LogP contribution in [0.3, 0.4) is 0 Å². The summed E-state index contributed by atoms with van der Waals surface area (Å²) in [4.78, 5) is 29.5. The van der Waals surface area contributed by atoms with Crippen LogP contribution in [-0.4, -0.2) is 45.9 Å². The minimum Gasteiger partial charge on any atom is -0.461 e. The van der Waals surface area contributed by atoms with E-state index in [1.54, 1.807) is 18.7 Å². The third kappa shape index (κ3) is 5.02. The zero-order chi connectivity index (χ0) is 23.5. The van der Waals surface area contributed by atoms with Gasteiger partial charge in [0, 0.05) is 45.1 Å². The van der Waals surface area contributed by atoms with Gasteiger partial charge in [0.05, 0.1) is 17.6 Å². The first-order valence-electron chi connectivity index (χ1n) is 11.4. The van der Waals surface area contributed by atoms with Crippen molar-refractivity contribution < 1.29 is 14.3 Å². The highest BCUT2D eigenvalue weighted by molar-refractivity contribution is 5.81. The van der Waals surface area contributed by atoms with Crippen molar-refractivity contribution in [3.8, 4) is 11.4 Å². The topological polar surface area (TPSA) is 87.4 Å². The molecule has 33 heavy (non-hydrogen) atoms. The van der Waals surface area contributed by atoms with Gasteiger partial charge < -0.3 is 18.6 Å². The highest BCUT2D eigenvalue weighted by Crippen LogP contribution is 2.25. The predicted octanol–water partition coefficient (Wildman–Crippen LogP) is 2.84. The Labute approximate surface area is 193 Å². The molecule has 0 radical (unpaired) electrons. The number of methoxy groups -OCH3 is 1. The molecule has 8 nitrogen and oxygen atoms in total.